The fourth-order valence-electron chi connectivity index (χ4n) is 2.09. The number of nitriles is 1. The van der Waals surface area contributed by atoms with Crippen LogP contribution in [0.2, 0.25) is 0 Å². The number of nitrogens with zero attached hydrogens (tertiary/aromatic N) is 2. The molecular formula is C13H13N3O2. The highest BCUT2D eigenvalue weighted by Gasteiger charge is 2.34. The maximum Gasteiger partial charge on any atom is 0.227 e. The lowest BCUT2D eigenvalue weighted by atomic mass is 10.1. The summed E-state index contributed by atoms with van der Waals surface area (Å²) in [5.41, 5.74) is 7.17. The van der Waals surface area contributed by atoms with E-state index in [1.165, 1.54) is 4.90 Å². The van der Waals surface area contributed by atoms with E-state index >= 15 is 0 Å². The number of benzene rings is 1. The molecule has 1 aliphatic rings. The van der Waals surface area contributed by atoms with Gasteiger partial charge in [0.2, 0.25) is 11.8 Å². The topological polar surface area (TPSA) is 87.2 Å². The molecule has 92 valence electrons. The number of hydrogen-bond acceptors (Lipinski definition) is 3. The van der Waals surface area contributed by atoms with Crippen molar-refractivity contribution in [1.82, 2.24) is 0 Å². The first kappa shape index (κ1) is 12.1. The maximum absolute atomic E-state index is 11.9. The number of carbonyl (C=O) groups excluding carboxylic acids is 2. The van der Waals surface area contributed by atoms with E-state index in [1.54, 1.807) is 12.1 Å². The molecule has 2 rings (SSSR count). The number of anilines is 1. The minimum atomic E-state index is -0.475. The zero-order valence-electron chi connectivity index (χ0n) is 10.0. The van der Waals surface area contributed by atoms with E-state index in [9.17, 15) is 9.59 Å². The van der Waals surface area contributed by atoms with Gasteiger partial charge in [-0.3, -0.25) is 9.59 Å². The van der Waals surface area contributed by atoms with Crippen LogP contribution in [0.4, 0.5) is 5.69 Å². The van der Waals surface area contributed by atoms with Crippen LogP contribution in [0.5, 0.6) is 0 Å². The number of rotatable bonds is 2. The summed E-state index contributed by atoms with van der Waals surface area (Å²) in [5.74, 6) is -1.11. The van der Waals surface area contributed by atoms with Gasteiger partial charge in [0, 0.05) is 13.0 Å². The summed E-state index contributed by atoms with van der Waals surface area (Å²) in [6.07, 6.45) is 0.119. The van der Waals surface area contributed by atoms with Crippen LogP contribution in [0.1, 0.15) is 17.5 Å². The molecule has 1 unspecified atom stereocenters. The molecule has 18 heavy (non-hydrogen) atoms. The molecule has 1 saturated heterocycles. The predicted molar refractivity (Wildman–Crippen MR) is 65.5 cm³/mol. The maximum atomic E-state index is 11.9. The van der Waals surface area contributed by atoms with E-state index < -0.39 is 11.8 Å². The minimum absolute atomic E-state index is 0.119. The zero-order valence-corrected chi connectivity index (χ0v) is 10.0. The molecular weight excluding hydrogens is 230 g/mol. The van der Waals surface area contributed by atoms with Gasteiger partial charge in [0.25, 0.3) is 0 Å². The Hall–Kier alpha value is -2.35. The van der Waals surface area contributed by atoms with Crippen LogP contribution < -0.4 is 10.6 Å². The van der Waals surface area contributed by atoms with E-state index in [0.29, 0.717) is 11.3 Å². The molecule has 5 nitrogen and oxygen atoms in total. The van der Waals surface area contributed by atoms with E-state index in [0.717, 1.165) is 5.56 Å². The summed E-state index contributed by atoms with van der Waals surface area (Å²) >= 11 is 0. The first-order chi connectivity index (χ1) is 8.52. The van der Waals surface area contributed by atoms with Crippen LogP contribution >= 0.6 is 0 Å². The Kier molecular flexibility index (Phi) is 3.02. The SMILES string of the molecule is Cc1ccc(C#N)c(N2CC(C(N)=O)CC2=O)c1. The van der Waals surface area contributed by atoms with Crippen molar-refractivity contribution in [2.45, 2.75) is 13.3 Å². The number of aryl methyl sites for hydroxylation is 1. The zero-order chi connectivity index (χ0) is 13.3. The van der Waals surface area contributed by atoms with Gasteiger partial charge in [0.1, 0.15) is 6.07 Å². The number of nitrogens with two attached hydrogens (primary N) is 1. The van der Waals surface area contributed by atoms with E-state index in [1.807, 2.05) is 13.0 Å². The molecule has 0 spiro atoms. The molecule has 1 fully saturated rings. The lowest BCUT2D eigenvalue weighted by molar-refractivity contribution is -0.123. The fraction of sp³-hybridized carbons (Fsp3) is 0.308. The third kappa shape index (κ3) is 2.05. The molecule has 1 aromatic rings. The lowest BCUT2D eigenvalue weighted by Gasteiger charge is -2.18. The Balaban J connectivity index is 2.38. The fourth-order valence-corrected chi connectivity index (χ4v) is 2.09. The van der Waals surface area contributed by atoms with Crippen molar-refractivity contribution in [2.75, 3.05) is 11.4 Å². The second-order valence-electron chi connectivity index (χ2n) is 4.44. The van der Waals surface area contributed by atoms with Crippen molar-refractivity contribution >= 4 is 17.5 Å². The molecule has 0 radical (unpaired) electrons. The van der Waals surface area contributed by atoms with Crippen LogP contribution in [-0.4, -0.2) is 18.4 Å². The van der Waals surface area contributed by atoms with Crippen LogP contribution in [0.15, 0.2) is 18.2 Å². The molecule has 1 atom stereocenters. The Bertz CT molecular complexity index is 560. The third-order valence-corrected chi connectivity index (χ3v) is 3.09. The van der Waals surface area contributed by atoms with Gasteiger partial charge in [-0.25, -0.2) is 0 Å². The summed E-state index contributed by atoms with van der Waals surface area (Å²) in [7, 11) is 0. The smallest absolute Gasteiger partial charge is 0.227 e. The second-order valence-corrected chi connectivity index (χ2v) is 4.44. The van der Waals surface area contributed by atoms with Crippen molar-refractivity contribution in [3.63, 3.8) is 0 Å². The minimum Gasteiger partial charge on any atom is -0.369 e. The van der Waals surface area contributed by atoms with Gasteiger partial charge in [0.05, 0.1) is 17.2 Å². The van der Waals surface area contributed by atoms with Crippen LogP contribution in [0, 0.1) is 24.2 Å². The van der Waals surface area contributed by atoms with Gasteiger partial charge in [-0.1, -0.05) is 6.07 Å². The molecule has 2 amide bonds. The molecule has 2 N–H and O–H groups in total. The monoisotopic (exact) mass is 243 g/mol. The summed E-state index contributed by atoms with van der Waals surface area (Å²) in [6, 6.07) is 7.32. The third-order valence-electron chi connectivity index (χ3n) is 3.09. The Morgan fingerprint density at radius 1 is 1.56 bits per heavy atom. The van der Waals surface area contributed by atoms with Crippen LogP contribution in [0.3, 0.4) is 0 Å². The molecule has 0 bridgehead atoms. The predicted octanol–water partition coefficient (Wildman–Crippen LogP) is 0.705. The summed E-state index contributed by atoms with van der Waals surface area (Å²) in [6.45, 7) is 2.14. The van der Waals surface area contributed by atoms with Crippen molar-refractivity contribution in [1.29, 1.82) is 5.26 Å². The molecule has 1 aromatic carbocycles. The van der Waals surface area contributed by atoms with E-state index in [2.05, 4.69) is 6.07 Å². The Morgan fingerprint density at radius 3 is 2.83 bits per heavy atom. The molecule has 1 heterocycles. The molecule has 0 aromatic heterocycles. The largest absolute Gasteiger partial charge is 0.369 e. The van der Waals surface area contributed by atoms with Gasteiger partial charge in [-0.15, -0.1) is 0 Å². The Morgan fingerprint density at radius 2 is 2.28 bits per heavy atom. The molecule has 0 aliphatic carbocycles. The average molecular weight is 243 g/mol. The number of primary amides is 1. The summed E-state index contributed by atoms with van der Waals surface area (Å²) in [4.78, 5) is 24.5. The van der Waals surface area contributed by atoms with Crippen molar-refractivity contribution in [3.05, 3.63) is 29.3 Å². The highest BCUT2D eigenvalue weighted by molar-refractivity contribution is 6.01. The highest BCUT2D eigenvalue weighted by atomic mass is 16.2. The van der Waals surface area contributed by atoms with Crippen molar-refractivity contribution in [2.24, 2.45) is 11.7 Å². The van der Waals surface area contributed by atoms with Crippen molar-refractivity contribution < 1.29 is 9.59 Å². The normalized spacial score (nSPS) is 18.8. The lowest BCUT2D eigenvalue weighted by Crippen LogP contribution is -2.28. The second kappa shape index (κ2) is 4.49. The van der Waals surface area contributed by atoms with Gasteiger partial charge in [-0.05, 0) is 24.6 Å². The summed E-state index contributed by atoms with van der Waals surface area (Å²) < 4.78 is 0. The van der Waals surface area contributed by atoms with Gasteiger partial charge in [0.15, 0.2) is 0 Å². The van der Waals surface area contributed by atoms with E-state index in [-0.39, 0.29) is 18.9 Å². The Labute approximate surface area is 105 Å². The molecule has 5 heteroatoms. The average Bonchev–Trinajstić information content (AvgIpc) is 2.71. The summed E-state index contributed by atoms with van der Waals surface area (Å²) in [5, 5.41) is 9.05. The standard InChI is InChI=1S/C13H13N3O2/c1-8-2-3-9(6-14)11(4-8)16-7-10(13(15)18)5-12(16)17/h2-4,10H,5,7H2,1H3,(H2,15,18). The molecule has 0 saturated carbocycles. The van der Waals surface area contributed by atoms with Gasteiger partial charge >= 0.3 is 0 Å². The molecule has 1 aliphatic heterocycles. The van der Waals surface area contributed by atoms with Gasteiger partial charge < -0.3 is 10.6 Å². The highest BCUT2D eigenvalue weighted by Crippen LogP contribution is 2.28. The van der Waals surface area contributed by atoms with Crippen molar-refractivity contribution in [3.8, 4) is 6.07 Å². The quantitative estimate of drug-likeness (QED) is 0.829. The number of carbonyl (C=O) groups is 2. The first-order valence-corrected chi connectivity index (χ1v) is 5.63. The van der Waals surface area contributed by atoms with E-state index in [4.69, 9.17) is 11.0 Å². The first-order valence-electron chi connectivity index (χ1n) is 5.63. The number of hydrogen-bond donors (Lipinski definition) is 1. The van der Waals surface area contributed by atoms with Gasteiger partial charge in [-0.2, -0.15) is 5.26 Å². The number of amides is 2. The van der Waals surface area contributed by atoms with Crippen LogP contribution in [-0.2, 0) is 9.59 Å². The van der Waals surface area contributed by atoms with Crippen LogP contribution in [0.25, 0.3) is 0 Å².